The van der Waals surface area contributed by atoms with E-state index in [9.17, 15) is 43.2 Å². The highest BCUT2D eigenvalue weighted by Crippen LogP contribution is 2.45. The number of unbranched alkanes of at least 4 members (excludes halogenated alkanes) is 36. The van der Waals surface area contributed by atoms with Gasteiger partial charge in [0.15, 0.2) is 12.2 Å². The summed E-state index contributed by atoms with van der Waals surface area (Å²) >= 11 is 0. The van der Waals surface area contributed by atoms with Gasteiger partial charge in [0.2, 0.25) is 0 Å². The molecule has 0 heterocycles. The van der Waals surface area contributed by atoms with Crippen LogP contribution in [0.2, 0.25) is 0 Å². The topological polar surface area (TPSA) is 237 Å². The molecule has 0 saturated heterocycles. The van der Waals surface area contributed by atoms with E-state index in [4.69, 9.17) is 37.0 Å². The maximum absolute atomic E-state index is 13.0. The number of hydrogen-bond donors (Lipinski definition) is 3. The molecule has 0 fully saturated rings. The minimum absolute atomic E-state index is 0.103. The number of aliphatic hydroxyl groups is 1. The highest BCUT2D eigenvalue weighted by Gasteiger charge is 2.30. The van der Waals surface area contributed by atoms with E-state index in [1.54, 1.807) is 0 Å². The van der Waals surface area contributed by atoms with E-state index in [0.29, 0.717) is 31.6 Å². The van der Waals surface area contributed by atoms with Crippen LogP contribution in [-0.4, -0.2) is 96.7 Å². The van der Waals surface area contributed by atoms with E-state index in [1.807, 2.05) is 0 Å². The molecule has 5 atom stereocenters. The van der Waals surface area contributed by atoms with E-state index < -0.39 is 97.5 Å². The number of rotatable bonds is 64. The molecule has 0 rings (SSSR count). The van der Waals surface area contributed by atoms with Gasteiger partial charge in [-0.05, 0) is 31.6 Å². The molecule has 2 unspecified atom stereocenters. The third-order valence-corrected chi connectivity index (χ3v) is 16.7. The van der Waals surface area contributed by atoms with Crippen molar-refractivity contribution in [3.63, 3.8) is 0 Å². The molecule has 3 N–H and O–H groups in total. The lowest BCUT2D eigenvalue weighted by atomic mass is 10.0. The van der Waals surface area contributed by atoms with Gasteiger partial charge in [-0.15, -0.1) is 0 Å². The van der Waals surface area contributed by atoms with Gasteiger partial charge in [0, 0.05) is 25.7 Å². The normalized spacial score (nSPS) is 14.2. The SMILES string of the molecule is CCCCCCCCCCCCCCCCCC(=O)O[C@H](COC(=O)CCCCCCCCCCCCC)COP(=O)(O)OC[C@@H](O)COP(=O)(O)OC[C@@H](COC(=O)CCCCCCCCC)OC(=O)CCCCCCCCCC(C)C. The Morgan fingerprint density at radius 1 is 0.325 bits per heavy atom. The van der Waals surface area contributed by atoms with Gasteiger partial charge in [-0.2, -0.15) is 0 Å². The van der Waals surface area contributed by atoms with Crippen LogP contribution in [0.1, 0.15) is 324 Å². The third-order valence-electron chi connectivity index (χ3n) is 14.8. The summed E-state index contributed by atoms with van der Waals surface area (Å²) in [4.78, 5) is 72.1. The molecule has 0 bridgehead atoms. The Kier molecular flexibility index (Phi) is 56.4. The van der Waals surface area contributed by atoms with Gasteiger partial charge in [0.1, 0.15) is 19.3 Å². The second-order valence-corrected chi connectivity index (χ2v) is 26.5. The zero-order valence-corrected chi connectivity index (χ0v) is 55.1. The molecule has 17 nitrogen and oxygen atoms in total. The first-order chi connectivity index (χ1) is 40.0. The number of carbonyl (C=O) groups excluding carboxylic acids is 4. The Morgan fingerprint density at radius 2 is 0.554 bits per heavy atom. The molecule has 19 heteroatoms. The molecule has 492 valence electrons. The van der Waals surface area contributed by atoms with E-state index >= 15 is 0 Å². The van der Waals surface area contributed by atoms with Gasteiger partial charge in [-0.3, -0.25) is 37.3 Å². The lowest BCUT2D eigenvalue weighted by Crippen LogP contribution is -2.30. The summed E-state index contributed by atoms with van der Waals surface area (Å²) in [6, 6.07) is 0. The minimum Gasteiger partial charge on any atom is -0.462 e. The second kappa shape index (κ2) is 57.8. The Morgan fingerprint density at radius 3 is 0.819 bits per heavy atom. The number of phosphoric acid groups is 2. The number of esters is 4. The van der Waals surface area contributed by atoms with Crippen molar-refractivity contribution in [2.45, 2.75) is 342 Å². The number of hydrogen-bond acceptors (Lipinski definition) is 15. The average molecular weight is 1230 g/mol. The fraction of sp³-hybridized carbons (Fsp3) is 0.938. The first-order valence-electron chi connectivity index (χ1n) is 33.6. The predicted molar refractivity (Wildman–Crippen MR) is 331 cm³/mol. The Hall–Kier alpha value is -1.94. The Balaban J connectivity index is 5.20. The molecule has 0 aromatic carbocycles. The number of phosphoric ester groups is 2. The number of carbonyl (C=O) groups is 4. The number of aliphatic hydroxyl groups excluding tert-OH is 1. The molecule has 0 amide bonds. The van der Waals surface area contributed by atoms with E-state index in [0.717, 1.165) is 103 Å². The summed E-state index contributed by atoms with van der Waals surface area (Å²) in [7, 11) is -9.88. The summed E-state index contributed by atoms with van der Waals surface area (Å²) in [6.45, 7) is 7.09. The fourth-order valence-electron chi connectivity index (χ4n) is 9.58. The molecule has 0 radical (unpaired) electrons. The quantitative estimate of drug-likeness (QED) is 0.0222. The molecule has 0 aliphatic heterocycles. The van der Waals surface area contributed by atoms with Crippen LogP contribution in [-0.2, 0) is 65.4 Å². The zero-order valence-electron chi connectivity index (χ0n) is 53.3. The summed E-state index contributed by atoms with van der Waals surface area (Å²) in [6.07, 6.45) is 41.8. The van der Waals surface area contributed by atoms with Gasteiger partial charge < -0.3 is 33.8 Å². The zero-order chi connectivity index (χ0) is 61.3. The summed E-state index contributed by atoms with van der Waals surface area (Å²) in [5.41, 5.74) is 0. The molecular formula is C64H124O17P2. The van der Waals surface area contributed by atoms with E-state index in [2.05, 4.69) is 34.6 Å². The smallest absolute Gasteiger partial charge is 0.462 e. The lowest BCUT2D eigenvalue weighted by Gasteiger charge is -2.21. The molecule has 83 heavy (non-hydrogen) atoms. The maximum atomic E-state index is 13.0. The van der Waals surface area contributed by atoms with E-state index in [1.165, 1.54) is 135 Å². The van der Waals surface area contributed by atoms with Crippen LogP contribution in [0.3, 0.4) is 0 Å². The molecule has 0 aromatic rings. The fourth-order valence-corrected chi connectivity index (χ4v) is 11.2. The van der Waals surface area contributed by atoms with Gasteiger partial charge in [0.05, 0.1) is 26.4 Å². The minimum atomic E-state index is -4.94. The average Bonchev–Trinajstić information content (AvgIpc) is 3.46. The highest BCUT2D eigenvalue weighted by atomic mass is 31.2. The van der Waals surface area contributed by atoms with Crippen molar-refractivity contribution in [2.24, 2.45) is 5.92 Å². The van der Waals surface area contributed by atoms with Gasteiger partial charge >= 0.3 is 39.5 Å². The molecular weight excluding hydrogens is 1100 g/mol. The monoisotopic (exact) mass is 1230 g/mol. The van der Waals surface area contributed by atoms with Gasteiger partial charge in [-0.1, -0.05) is 272 Å². The lowest BCUT2D eigenvalue weighted by molar-refractivity contribution is -0.161. The largest absolute Gasteiger partial charge is 0.472 e. The Bertz CT molecular complexity index is 1620. The Labute approximate surface area is 505 Å². The molecule has 0 aromatic heterocycles. The van der Waals surface area contributed by atoms with E-state index in [-0.39, 0.29) is 25.7 Å². The molecule has 0 spiro atoms. The molecule has 0 aliphatic carbocycles. The van der Waals surface area contributed by atoms with Crippen LogP contribution in [0.5, 0.6) is 0 Å². The van der Waals surface area contributed by atoms with Crippen LogP contribution in [0, 0.1) is 5.92 Å². The van der Waals surface area contributed by atoms with Gasteiger partial charge in [0.25, 0.3) is 0 Å². The summed E-state index contributed by atoms with van der Waals surface area (Å²) < 4.78 is 67.9. The standard InChI is InChI=1S/C64H124O17P2/c1-6-9-12-15-18-20-22-23-24-25-27-29-34-39-44-49-63(68)80-60(54-75-62(67)48-43-38-33-28-26-21-19-16-13-10-7-2)56-79-83(72,73)77-52-58(65)51-76-82(70,71)78-55-59(53-74-61(66)47-42-37-31-17-14-11-8-3)81-64(69)50-45-40-35-30-32-36-41-46-57(4)5/h57-60,65H,6-56H2,1-5H3,(H,70,71)(H,72,73)/t58-,59+,60+/m0/s1. The van der Waals surface area contributed by atoms with Crippen molar-refractivity contribution in [2.75, 3.05) is 39.6 Å². The summed E-state index contributed by atoms with van der Waals surface area (Å²) in [5.74, 6) is -1.44. The van der Waals surface area contributed by atoms with Crippen LogP contribution in [0.4, 0.5) is 0 Å². The first-order valence-corrected chi connectivity index (χ1v) is 36.6. The van der Waals surface area contributed by atoms with Crippen LogP contribution < -0.4 is 0 Å². The van der Waals surface area contributed by atoms with Crippen molar-refractivity contribution >= 4 is 39.5 Å². The van der Waals surface area contributed by atoms with Crippen LogP contribution in [0.25, 0.3) is 0 Å². The first kappa shape index (κ1) is 81.1. The second-order valence-electron chi connectivity index (χ2n) is 23.6. The van der Waals surface area contributed by atoms with Crippen molar-refractivity contribution in [1.82, 2.24) is 0 Å². The van der Waals surface area contributed by atoms with Crippen LogP contribution in [0.15, 0.2) is 0 Å². The molecule has 0 saturated carbocycles. The van der Waals surface area contributed by atoms with Gasteiger partial charge in [-0.25, -0.2) is 9.13 Å². The van der Waals surface area contributed by atoms with Crippen LogP contribution >= 0.6 is 15.6 Å². The summed E-state index contributed by atoms with van der Waals surface area (Å²) in [5, 5.41) is 10.5. The maximum Gasteiger partial charge on any atom is 0.472 e. The number of ether oxygens (including phenoxy) is 4. The van der Waals surface area contributed by atoms with Crippen molar-refractivity contribution in [3.8, 4) is 0 Å². The van der Waals surface area contributed by atoms with Crippen molar-refractivity contribution in [3.05, 3.63) is 0 Å². The molecule has 0 aliphatic rings. The third kappa shape index (κ3) is 58.8. The predicted octanol–water partition coefficient (Wildman–Crippen LogP) is 17.8. The van der Waals surface area contributed by atoms with Crippen molar-refractivity contribution in [1.29, 1.82) is 0 Å². The highest BCUT2D eigenvalue weighted by molar-refractivity contribution is 7.47. The van der Waals surface area contributed by atoms with Crippen molar-refractivity contribution < 1.29 is 80.2 Å².